The molecule has 0 spiro atoms. The zero-order valence-electron chi connectivity index (χ0n) is 8.05. The number of aliphatic hydroxyl groups excluding tert-OH is 1. The smallest absolute Gasteiger partial charge is 0.255 e. The van der Waals surface area contributed by atoms with Gasteiger partial charge in [0, 0.05) is 13.0 Å². The first-order chi connectivity index (χ1) is 7.24. The van der Waals surface area contributed by atoms with Gasteiger partial charge in [-0.05, 0) is 12.1 Å². The van der Waals surface area contributed by atoms with E-state index in [0.29, 0.717) is 24.2 Å². The lowest BCUT2D eigenvalue weighted by atomic mass is 10.2. The highest BCUT2D eigenvalue weighted by molar-refractivity contribution is 5.99. The van der Waals surface area contributed by atoms with E-state index in [1.165, 1.54) is 4.90 Å². The van der Waals surface area contributed by atoms with E-state index in [0.717, 1.165) is 0 Å². The summed E-state index contributed by atoms with van der Waals surface area (Å²) in [4.78, 5) is 13.0. The summed E-state index contributed by atoms with van der Waals surface area (Å²) in [6.45, 7) is 0.471. The van der Waals surface area contributed by atoms with Crippen molar-refractivity contribution >= 4 is 11.6 Å². The van der Waals surface area contributed by atoms with Gasteiger partial charge in [0.15, 0.2) is 0 Å². The van der Waals surface area contributed by atoms with Crippen LogP contribution in [0.4, 0.5) is 5.69 Å². The first-order valence-electron chi connectivity index (χ1n) is 4.72. The van der Waals surface area contributed by atoms with Gasteiger partial charge in [-0.1, -0.05) is 12.1 Å². The summed E-state index contributed by atoms with van der Waals surface area (Å²) < 4.78 is 0. The number of nitrogens with zero attached hydrogens (tertiary/aromatic N) is 2. The Morgan fingerprint density at radius 3 is 2.80 bits per heavy atom. The molecule has 0 aliphatic carbocycles. The molecule has 1 unspecified atom stereocenters. The highest BCUT2D eigenvalue weighted by Crippen LogP contribution is 2.24. The molecule has 1 heterocycles. The van der Waals surface area contributed by atoms with Crippen molar-refractivity contribution in [2.75, 3.05) is 11.4 Å². The zero-order chi connectivity index (χ0) is 10.8. The van der Waals surface area contributed by atoms with Crippen LogP contribution < -0.4 is 4.90 Å². The Labute approximate surface area is 87.4 Å². The van der Waals surface area contributed by atoms with Gasteiger partial charge in [0.2, 0.25) is 0 Å². The van der Waals surface area contributed by atoms with Crippen molar-refractivity contribution < 1.29 is 9.90 Å². The van der Waals surface area contributed by atoms with Crippen LogP contribution in [-0.4, -0.2) is 23.7 Å². The summed E-state index contributed by atoms with van der Waals surface area (Å²) in [6, 6.07) is 8.93. The second kappa shape index (κ2) is 3.71. The molecule has 4 heteroatoms. The van der Waals surface area contributed by atoms with Crippen molar-refractivity contribution in [2.24, 2.45) is 0 Å². The molecule has 0 aromatic heterocycles. The molecule has 1 aliphatic rings. The van der Waals surface area contributed by atoms with E-state index in [2.05, 4.69) is 0 Å². The van der Waals surface area contributed by atoms with Crippen molar-refractivity contribution in [1.82, 2.24) is 0 Å². The Morgan fingerprint density at radius 1 is 1.47 bits per heavy atom. The number of carbonyl (C=O) groups excluding carboxylic acids is 1. The summed E-state index contributed by atoms with van der Waals surface area (Å²) in [5.41, 5.74) is 1.04. The number of hydrogen-bond donors (Lipinski definition) is 1. The van der Waals surface area contributed by atoms with E-state index < -0.39 is 6.10 Å². The summed E-state index contributed by atoms with van der Waals surface area (Å²) in [7, 11) is 0. The Hall–Kier alpha value is -1.86. The van der Waals surface area contributed by atoms with Crippen LogP contribution in [0.15, 0.2) is 24.3 Å². The Morgan fingerprint density at radius 2 is 2.20 bits per heavy atom. The topological polar surface area (TPSA) is 64.3 Å². The van der Waals surface area contributed by atoms with Crippen LogP contribution in [-0.2, 0) is 4.79 Å². The van der Waals surface area contributed by atoms with Crippen LogP contribution in [0.1, 0.15) is 12.0 Å². The number of carbonyl (C=O) groups is 1. The maximum absolute atomic E-state index is 11.5. The molecular formula is C11H10N2O2. The van der Waals surface area contributed by atoms with E-state index in [4.69, 9.17) is 5.26 Å². The van der Waals surface area contributed by atoms with Crippen LogP contribution in [0.25, 0.3) is 0 Å². The number of benzene rings is 1. The van der Waals surface area contributed by atoms with Crippen LogP contribution in [0, 0.1) is 11.3 Å². The maximum atomic E-state index is 11.5. The summed E-state index contributed by atoms with van der Waals surface area (Å²) in [5, 5.41) is 18.2. The third kappa shape index (κ3) is 1.58. The monoisotopic (exact) mass is 202 g/mol. The lowest BCUT2D eigenvalue weighted by Crippen LogP contribution is -2.29. The molecule has 1 aliphatic heterocycles. The minimum absolute atomic E-state index is 0.322. The van der Waals surface area contributed by atoms with Gasteiger partial charge in [-0.2, -0.15) is 5.26 Å². The summed E-state index contributed by atoms with van der Waals surface area (Å²) >= 11 is 0. The van der Waals surface area contributed by atoms with Crippen molar-refractivity contribution in [3.63, 3.8) is 0 Å². The first kappa shape index (κ1) is 9.69. The minimum Gasteiger partial charge on any atom is -0.383 e. The van der Waals surface area contributed by atoms with Crippen molar-refractivity contribution in [1.29, 1.82) is 5.26 Å². The molecular weight excluding hydrogens is 192 g/mol. The van der Waals surface area contributed by atoms with Crippen LogP contribution in [0.2, 0.25) is 0 Å². The number of nitriles is 1. The second-order valence-corrected chi connectivity index (χ2v) is 3.42. The molecule has 4 nitrogen and oxygen atoms in total. The van der Waals surface area contributed by atoms with Gasteiger partial charge in [-0.25, -0.2) is 0 Å². The van der Waals surface area contributed by atoms with Crippen LogP contribution in [0.3, 0.4) is 0 Å². The fraction of sp³-hybridized carbons (Fsp3) is 0.273. The average Bonchev–Trinajstić information content (AvgIpc) is 2.60. The standard InChI is InChI=1S/C11H10N2O2/c12-7-8-3-1-2-4-9(8)13-6-5-10(14)11(13)15/h1-4,10,14H,5-6H2. The van der Waals surface area contributed by atoms with E-state index in [1.54, 1.807) is 24.3 Å². The SMILES string of the molecule is N#Cc1ccccc1N1CCC(O)C1=O. The van der Waals surface area contributed by atoms with Crippen molar-refractivity contribution in [3.8, 4) is 6.07 Å². The number of anilines is 1. The maximum Gasteiger partial charge on any atom is 0.255 e. The van der Waals surface area contributed by atoms with E-state index in [-0.39, 0.29) is 5.91 Å². The highest BCUT2D eigenvalue weighted by Gasteiger charge is 2.31. The first-order valence-corrected chi connectivity index (χ1v) is 4.72. The molecule has 1 fully saturated rings. The number of aliphatic hydroxyl groups is 1. The molecule has 2 rings (SSSR count). The normalized spacial score (nSPS) is 20.4. The Bertz CT molecular complexity index is 436. The number of para-hydroxylation sites is 1. The Balaban J connectivity index is 2.39. The van der Waals surface area contributed by atoms with Crippen LogP contribution >= 0.6 is 0 Å². The molecule has 0 radical (unpaired) electrons. The summed E-state index contributed by atoms with van der Waals surface area (Å²) in [5.74, 6) is -0.322. The predicted molar refractivity (Wildman–Crippen MR) is 54.1 cm³/mol. The lowest BCUT2D eigenvalue weighted by molar-refractivity contribution is -0.123. The molecule has 15 heavy (non-hydrogen) atoms. The van der Waals surface area contributed by atoms with Crippen molar-refractivity contribution in [3.05, 3.63) is 29.8 Å². The molecule has 1 aromatic carbocycles. The van der Waals surface area contributed by atoms with Crippen LogP contribution in [0.5, 0.6) is 0 Å². The second-order valence-electron chi connectivity index (χ2n) is 3.42. The van der Waals surface area contributed by atoms with Crippen molar-refractivity contribution in [2.45, 2.75) is 12.5 Å². The predicted octanol–water partition coefficient (Wildman–Crippen LogP) is 0.656. The van der Waals surface area contributed by atoms with Gasteiger partial charge < -0.3 is 10.0 Å². The lowest BCUT2D eigenvalue weighted by Gasteiger charge is -2.16. The fourth-order valence-corrected chi connectivity index (χ4v) is 1.71. The third-order valence-corrected chi connectivity index (χ3v) is 2.49. The quantitative estimate of drug-likeness (QED) is 0.727. The molecule has 1 amide bonds. The van der Waals surface area contributed by atoms with Gasteiger partial charge >= 0.3 is 0 Å². The molecule has 1 atom stereocenters. The number of rotatable bonds is 1. The molecule has 1 N–H and O–H groups in total. The van der Waals surface area contributed by atoms with Gasteiger partial charge in [-0.3, -0.25) is 4.79 Å². The molecule has 1 aromatic rings. The molecule has 0 saturated carbocycles. The number of amides is 1. The Kier molecular flexibility index (Phi) is 2.40. The average molecular weight is 202 g/mol. The third-order valence-electron chi connectivity index (χ3n) is 2.49. The van der Waals surface area contributed by atoms with Gasteiger partial charge in [0.05, 0.1) is 11.3 Å². The summed E-state index contributed by atoms with van der Waals surface area (Å²) in [6.07, 6.45) is -0.491. The van der Waals surface area contributed by atoms with E-state index in [1.807, 2.05) is 6.07 Å². The molecule has 1 saturated heterocycles. The van der Waals surface area contributed by atoms with Gasteiger partial charge in [0.1, 0.15) is 12.2 Å². The van der Waals surface area contributed by atoms with E-state index >= 15 is 0 Å². The van der Waals surface area contributed by atoms with Gasteiger partial charge in [-0.15, -0.1) is 0 Å². The van der Waals surface area contributed by atoms with E-state index in [9.17, 15) is 9.90 Å². The highest BCUT2D eigenvalue weighted by atomic mass is 16.3. The van der Waals surface area contributed by atoms with Gasteiger partial charge in [0.25, 0.3) is 5.91 Å². The number of hydrogen-bond acceptors (Lipinski definition) is 3. The largest absolute Gasteiger partial charge is 0.383 e. The fourth-order valence-electron chi connectivity index (χ4n) is 1.71. The zero-order valence-corrected chi connectivity index (χ0v) is 8.05. The minimum atomic E-state index is -0.920. The molecule has 76 valence electrons. The molecule has 0 bridgehead atoms.